The van der Waals surface area contributed by atoms with Gasteiger partial charge in [-0.1, -0.05) is 19.8 Å². The maximum atomic E-state index is 11.7. The zero-order valence-corrected chi connectivity index (χ0v) is 11.2. The summed E-state index contributed by atoms with van der Waals surface area (Å²) in [5.41, 5.74) is -0.398. The summed E-state index contributed by atoms with van der Waals surface area (Å²) in [5.74, 6) is 1.49. The highest BCUT2D eigenvalue weighted by Gasteiger charge is 2.26. The Morgan fingerprint density at radius 1 is 1.44 bits per heavy atom. The molecule has 0 aliphatic heterocycles. The maximum Gasteiger partial charge on any atom is 0.410 e. The molecule has 94 valence electrons. The molecule has 3 nitrogen and oxygen atoms in total. The maximum absolute atomic E-state index is 11.7. The first-order valence-corrected chi connectivity index (χ1v) is 6.22. The predicted molar refractivity (Wildman–Crippen MR) is 65.4 cm³/mol. The Morgan fingerprint density at radius 2 is 2.00 bits per heavy atom. The monoisotopic (exact) mass is 227 g/mol. The zero-order chi connectivity index (χ0) is 12.3. The number of amides is 1. The van der Waals surface area contributed by atoms with E-state index in [0.717, 1.165) is 12.5 Å². The van der Waals surface area contributed by atoms with E-state index in [2.05, 4.69) is 6.92 Å². The summed E-state index contributed by atoms with van der Waals surface area (Å²) in [6.45, 7) is 8.69. The molecule has 0 bridgehead atoms. The molecule has 16 heavy (non-hydrogen) atoms. The standard InChI is InChI=1S/C13H25NO2/c1-10(8-11-6-7-11)9-14(5)12(15)16-13(2,3)4/h10-11H,6-9H2,1-5H3. The molecule has 0 aromatic heterocycles. The van der Waals surface area contributed by atoms with Crippen molar-refractivity contribution in [1.29, 1.82) is 0 Å². The fourth-order valence-electron chi connectivity index (χ4n) is 1.88. The van der Waals surface area contributed by atoms with Crippen molar-refractivity contribution >= 4 is 6.09 Å². The van der Waals surface area contributed by atoms with E-state index < -0.39 is 5.60 Å². The van der Waals surface area contributed by atoms with Crippen LogP contribution in [0.4, 0.5) is 4.79 Å². The molecule has 1 amide bonds. The number of carbonyl (C=O) groups is 1. The number of nitrogens with zero attached hydrogens (tertiary/aromatic N) is 1. The molecular weight excluding hydrogens is 202 g/mol. The third-order valence-electron chi connectivity index (χ3n) is 2.72. The van der Waals surface area contributed by atoms with Crippen LogP contribution in [0.15, 0.2) is 0 Å². The highest BCUT2D eigenvalue weighted by atomic mass is 16.6. The Hall–Kier alpha value is -0.730. The average Bonchev–Trinajstić information content (AvgIpc) is 2.84. The first-order chi connectivity index (χ1) is 7.28. The van der Waals surface area contributed by atoms with Crippen LogP contribution in [0, 0.1) is 11.8 Å². The summed E-state index contributed by atoms with van der Waals surface area (Å²) in [6.07, 6.45) is 3.78. The minimum atomic E-state index is -0.398. The van der Waals surface area contributed by atoms with Crippen molar-refractivity contribution in [1.82, 2.24) is 4.90 Å². The number of ether oxygens (including phenoxy) is 1. The van der Waals surface area contributed by atoms with Crippen molar-refractivity contribution < 1.29 is 9.53 Å². The van der Waals surface area contributed by atoms with Gasteiger partial charge >= 0.3 is 6.09 Å². The van der Waals surface area contributed by atoms with Gasteiger partial charge in [-0.15, -0.1) is 0 Å². The molecule has 1 atom stereocenters. The molecule has 0 N–H and O–H groups in total. The van der Waals surface area contributed by atoms with Crippen molar-refractivity contribution in [2.45, 2.75) is 52.6 Å². The molecule has 3 heteroatoms. The van der Waals surface area contributed by atoms with Gasteiger partial charge in [0.1, 0.15) is 5.60 Å². The van der Waals surface area contributed by atoms with Gasteiger partial charge < -0.3 is 9.64 Å². The Morgan fingerprint density at radius 3 is 2.44 bits per heavy atom. The second kappa shape index (κ2) is 5.07. The van der Waals surface area contributed by atoms with Crippen LogP contribution in [0.5, 0.6) is 0 Å². The number of rotatable bonds is 4. The van der Waals surface area contributed by atoms with Gasteiger partial charge in [-0.2, -0.15) is 0 Å². The molecule has 0 radical (unpaired) electrons. The summed E-state index contributed by atoms with van der Waals surface area (Å²) in [7, 11) is 1.82. The van der Waals surface area contributed by atoms with Gasteiger partial charge in [-0.25, -0.2) is 4.79 Å². The van der Waals surface area contributed by atoms with Gasteiger partial charge in [0.05, 0.1) is 0 Å². The normalized spacial score (nSPS) is 18.1. The topological polar surface area (TPSA) is 29.5 Å². The summed E-state index contributed by atoms with van der Waals surface area (Å²) in [6, 6.07) is 0. The molecule has 1 rings (SSSR count). The van der Waals surface area contributed by atoms with E-state index in [4.69, 9.17) is 4.74 Å². The van der Waals surface area contributed by atoms with Crippen LogP contribution < -0.4 is 0 Å². The average molecular weight is 227 g/mol. The zero-order valence-electron chi connectivity index (χ0n) is 11.2. The van der Waals surface area contributed by atoms with Crippen molar-refractivity contribution in [3.8, 4) is 0 Å². The summed E-state index contributed by atoms with van der Waals surface area (Å²) >= 11 is 0. The van der Waals surface area contributed by atoms with Gasteiger partial charge in [0, 0.05) is 13.6 Å². The predicted octanol–water partition coefficient (Wildman–Crippen LogP) is 3.29. The highest BCUT2D eigenvalue weighted by molar-refractivity contribution is 5.67. The van der Waals surface area contributed by atoms with Crippen LogP contribution in [0.1, 0.15) is 47.0 Å². The minimum Gasteiger partial charge on any atom is -0.444 e. The van der Waals surface area contributed by atoms with E-state index in [1.54, 1.807) is 4.90 Å². The van der Waals surface area contributed by atoms with Crippen molar-refractivity contribution in [2.24, 2.45) is 11.8 Å². The van der Waals surface area contributed by atoms with Crippen LogP contribution in [-0.4, -0.2) is 30.2 Å². The Bertz CT molecular complexity index is 241. The van der Waals surface area contributed by atoms with Crippen LogP contribution in [0.25, 0.3) is 0 Å². The number of hydrogen-bond acceptors (Lipinski definition) is 2. The molecule has 0 aromatic rings. The minimum absolute atomic E-state index is 0.213. The van der Waals surface area contributed by atoms with E-state index in [0.29, 0.717) is 5.92 Å². The number of carbonyl (C=O) groups excluding carboxylic acids is 1. The smallest absolute Gasteiger partial charge is 0.410 e. The lowest BCUT2D eigenvalue weighted by Crippen LogP contribution is -2.36. The molecular formula is C13H25NO2. The van der Waals surface area contributed by atoms with Gasteiger partial charge in [0.25, 0.3) is 0 Å². The molecule has 1 aliphatic rings. The van der Waals surface area contributed by atoms with E-state index in [1.165, 1.54) is 19.3 Å². The second-order valence-electron chi connectivity index (χ2n) is 6.15. The van der Waals surface area contributed by atoms with Gasteiger partial charge in [0.2, 0.25) is 0 Å². The fraction of sp³-hybridized carbons (Fsp3) is 0.923. The largest absolute Gasteiger partial charge is 0.444 e. The molecule has 1 unspecified atom stereocenters. The van der Waals surface area contributed by atoms with Crippen LogP contribution >= 0.6 is 0 Å². The Labute approximate surface area is 99.1 Å². The molecule has 0 spiro atoms. The molecule has 0 heterocycles. The molecule has 0 saturated heterocycles. The lowest BCUT2D eigenvalue weighted by molar-refractivity contribution is 0.0273. The Balaban J connectivity index is 2.26. The third-order valence-corrected chi connectivity index (χ3v) is 2.72. The quantitative estimate of drug-likeness (QED) is 0.737. The van der Waals surface area contributed by atoms with E-state index in [-0.39, 0.29) is 6.09 Å². The van der Waals surface area contributed by atoms with Crippen LogP contribution in [-0.2, 0) is 4.74 Å². The van der Waals surface area contributed by atoms with E-state index in [1.807, 2.05) is 27.8 Å². The SMILES string of the molecule is CC(CC1CC1)CN(C)C(=O)OC(C)(C)C. The lowest BCUT2D eigenvalue weighted by Gasteiger charge is -2.26. The van der Waals surface area contributed by atoms with Crippen molar-refractivity contribution in [3.05, 3.63) is 0 Å². The van der Waals surface area contributed by atoms with Gasteiger partial charge in [-0.3, -0.25) is 0 Å². The summed E-state index contributed by atoms with van der Waals surface area (Å²) in [5, 5.41) is 0. The third kappa shape index (κ3) is 5.38. The first kappa shape index (κ1) is 13.3. The van der Waals surface area contributed by atoms with Gasteiger partial charge in [0.15, 0.2) is 0 Å². The van der Waals surface area contributed by atoms with Crippen LogP contribution in [0.2, 0.25) is 0 Å². The first-order valence-electron chi connectivity index (χ1n) is 6.22. The summed E-state index contributed by atoms with van der Waals surface area (Å²) in [4.78, 5) is 13.4. The highest BCUT2D eigenvalue weighted by Crippen LogP contribution is 2.35. The number of hydrogen-bond donors (Lipinski definition) is 0. The van der Waals surface area contributed by atoms with Crippen LogP contribution in [0.3, 0.4) is 0 Å². The van der Waals surface area contributed by atoms with Crippen molar-refractivity contribution in [3.63, 3.8) is 0 Å². The van der Waals surface area contributed by atoms with E-state index >= 15 is 0 Å². The second-order valence-corrected chi connectivity index (χ2v) is 6.15. The summed E-state index contributed by atoms with van der Waals surface area (Å²) < 4.78 is 5.31. The Kier molecular flexibility index (Phi) is 4.22. The van der Waals surface area contributed by atoms with Gasteiger partial charge in [-0.05, 0) is 39.0 Å². The molecule has 1 fully saturated rings. The van der Waals surface area contributed by atoms with Crippen molar-refractivity contribution in [2.75, 3.05) is 13.6 Å². The molecule has 0 aromatic carbocycles. The fourth-order valence-corrected chi connectivity index (χ4v) is 1.88. The molecule has 1 aliphatic carbocycles. The lowest BCUT2D eigenvalue weighted by atomic mass is 10.0. The van der Waals surface area contributed by atoms with E-state index in [9.17, 15) is 4.79 Å². The molecule has 1 saturated carbocycles.